The van der Waals surface area contributed by atoms with Gasteiger partial charge < -0.3 is 4.74 Å². The van der Waals surface area contributed by atoms with E-state index in [1.54, 1.807) is 0 Å². The van der Waals surface area contributed by atoms with Crippen molar-refractivity contribution in [2.75, 3.05) is 6.54 Å². The molecule has 3 atom stereocenters. The zero-order valence-electron chi connectivity index (χ0n) is 11.7. The van der Waals surface area contributed by atoms with Gasteiger partial charge in [0.25, 0.3) is 0 Å². The minimum Gasteiger partial charge on any atom is -0.414 e. The molecule has 3 nitrogen and oxygen atoms in total. The van der Waals surface area contributed by atoms with Crippen LogP contribution in [-0.4, -0.2) is 39.0 Å². The van der Waals surface area contributed by atoms with E-state index in [0.717, 1.165) is 13.0 Å². The summed E-state index contributed by atoms with van der Waals surface area (Å²) in [4.78, 5) is 12.5. The average molecular weight is 258 g/mol. The molecule has 17 heavy (non-hydrogen) atoms. The van der Waals surface area contributed by atoms with Crippen molar-refractivity contribution in [1.82, 2.24) is 0 Å². The van der Waals surface area contributed by atoms with Crippen LogP contribution in [0.2, 0.25) is 0 Å². The second kappa shape index (κ2) is 3.21. The van der Waals surface area contributed by atoms with Crippen LogP contribution in [0.4, 0.5) is 4.79 Å². The molecule has 0 radical (unpaired) electrons. The van der Waals surface area contributed by atoms with Gasteiger partial charge in [0.15, 0.2) is 5.54 Å². The summed E-state index contributed by atoms with van der Waals surface area (Å²) in [5.41, 5.74) is -0.517. The Kier molecular flexibility index (Phi) is 2.49. The van der Waals surface area contributed by atoms with Gasteiger partial charge >= 0.3 is 6.09 Å². The van der Waals surface area contributed by atoms with Gasteiger partial charge in [-0.2, -0.15) is 17.4 Å². The molecule has 2 heterocycles. The molecule has 2 aliphatic rings. The van der Waals surface area contributed by atoms with Crippen LogP contribution in [0.5, 0.6) is 0 Å². The van der Waals surface area contributed by atoms with Gasteiger partial charge in [0.2, 0.25) is 0 Å². The molecule has 2 aliphatic heterocycles. The first-order chi connectivity index (χ1) is 7.46. The van der Waals surface area contributed by atoms with Crippen LogP contribution in [0.15, 0.2) is 0 Å². The number of carbonyl (C=O) groups excluding carboxylic acids is 1. The lowest BCUT2D eigenvalue weighted by Crippen LogP contribution is -2.52. The molecule has 2 fully saturated rings. The van der Waals surface area contributed by atoms with Crippen LogP contribution < -0.4 is 0 Å². The quantitative estimate of drug-likeness (QED) is 0.411. The van der Waals surface area contributed by atoms with Crippen LogP contribution in [0.1, 0.15) is 48.0 Å². The molecule has 0 aromatic rings. The van der Waals surface area contributed by atoms with E-state index in [2.05, 4.69) is 33.4 Å². The smallest absolute Gasteiger partial charge is 0.414 e. The molecule has 3 unspecified atom stereocenters. The molecule has 0 spiro atoms. The molecule has 0 aromatic carbocycles. The van der Waals surface area contributed by atoms with Gasteiger partial charge in [-0.05, 0) is 41.5 Å². The van der Waals surface area contributed by atoms with Crippen LogP contribution >= 0.6 is 12.6 Å². The summed E-state index contributed by atoms with van der Waals surface area (Å²) >= 11 is 4.66. The Labute approximate surface area is 110 Å². The molecule has 0 N–H and O–H groups in total. The Morgan fingerprint density at radius 1 is 1.35 bits per heavy atom. The third kappa shape index (κ3) is 1.56. The Morgan fingerprint density at radius 2 is 1.88 bits per heavy atom. The molecule has 0 aliphatic carbocycles. The maximum Gasteiger partial charge on any atom is 0.517 e. The fourth-order valence-corrected chi connectivity index (χ4v) is 4.14. The minimum absolute atomic E-state index is 0.0328. The topological polar surface area (TPSA) is 26.3 Å². The molecule has 98 valence electrons. The van der Waals surface area contributed by atoms with E-state index in [9.17, 15) is 4.79 Å². The van der Waals surface area contributed by atoms with Gasteiger partial charge in [0.1, 0.15) is 17.7 Å². The average Bonchev–Trinajstić information content (AvgIpc) is 2.67. The second-order valence-electron chi connectivity index (χ2n) is 7.34. The van der Waals surface area contributed by atoms with Gasteiger partial charge in [-0.1, -0.05) is 0 Å². The molecule has 2 rings (SSSR count). The standard InChI is InChI=1S/C13H23NO2S/c1-11(2,3)16-10(15)14-8-13(14,6)9(17)7-12(14,4)5/h9H,7-8H2,1-6H3/p+1. The first-order valence-corrected chi connectivity index (χ1v) is 6.78. The summed E-state index contributed by atoms with van der Waals surface area (Å²) in [5, 5.41) is 0.282. The lowest BCUT2D eigenvalue weighted by molar-refractivity contribution is -0.796. The molecule has 0 aromatic heterocycles. The van der Waals surface area contributed by atoms with Gasteiger partial charge in [-0.3, -0.25) is 0 Å². The fourth-order valence-electron chi connectivity index (χ4n) is 3.42. The number of rotatable bonds is 0. The number of nitrogens with zero attached hydrogens (tertiary/aromatic N) is 1. The number of piperidine rings is 1. The van der Waals surface area contributed by atoms with Crippen LogP contribution in [-0.2, 0) is 4.74 Å². The summed E-state index contributed by atoms with van der Waals surface area (Å²) in [6, 6.07) is 0. The third-order valence-electron chi connectivity index (χ3n) is 4.48. The third-order valence-corrected chi connectivity index (χ3v) is 5.21. The van der Waals surface area contributed by atoms with Crippen LogP contribution in [0, 0.1) is 0 Å². The van der Waals surface area contributed by atoms with E-state index in [4.69, 9.17) is 4.74 Å². The lowest BCUT2D eigenvalue weighted by atomic mass is 9.97. The van der Waals surface area contributed by atoms with E-state index in [0.29, 0.717) is 4.48 Å². The van der Waals surface area contributed by atoms with E-state index in [1.807, 2.05) is 20.8 Å². The Hall–Kier alpha value is -0.220. The van der Waals surface area contributed by atoms with Crippen LogP contribution in [0.3, 0.4) is 0 Å². The zero-order valence-corrected chi connectivity index (χ0v) is 12.6. The number of hydrogen-bond donors (Lipinski definition) is 1. The zero-order chi connectivity index (χ0) is 13.3. The van der Waals surface area contributed by atoms with Crippen molar-refractivity contribution in [1.29, 1.82) is 0 Å². The lowest BCUT2D eigenvalue weighted by Gasteiger charge is -2.32. The number of hydrogen-bond acceptors (Lipinski definition) is 3. The van der Waals surface area contributed by atoms with Crippen molar-refractivity contribution in [3.63, 3.8) is 0 Å². The van der Waals surface area contributed by atoms with Gasteiger partial charge in [0.05, 0.1) is 5.25 Å². The number of ether oxygens (including phenoxy) is 1. The molecule has 1 amide bonds. The predicted molar refractivity (Wildman–Crippen MR) is 71.2 cm³/mol. The van der Waals surface area contributed by atoms with Gasteiger partial charge in [-0.25, -0.2) is 4.48 Å². The summed E-state index contributed by atoms with van der Waals surface area (Å²) in [6.45, 7) is 13.1. The highest BCUT2D eigenvalue weighted by molar-refractivity contribution is 7.81. The van der Waals surface area contributed by atoms with Crippen molar-refractivity contribution in [2.24, 2.45) is 0 Å². The summed E-state index contributed by atoms with van der Waals surface area (Å²) in [5.74, 6) is 0. The van der Waals surface area contributed by atoms with Crippen molar-refractivity contribution in [2.45, 2.75) is 69.9 Å². The number of thiol groups is 1. The molecule has 4 heteroatoms. The van der Waals surface area contributed by atoms with Gasteiger partial charge in [0, 0.05) is 6.42 Å². The van der Waals surface area contributed by atoms with E-state index in [1.165, 1.54) is 0 Å². The second-order valence-corrected chi connectivity index (χ2v) is 7.96. The number of amides is 1. The SMILES string of the molecule is CC(C)(C)OC(=O)[N+]12CC1(C)C(S)CC2(C)C. The summed E-state index contributed by atoms with van der Waals surface area (Å²) < 4.78 is 6.06. The first-order valence-electron chi connectivity index (χ1n) is 6.26. The maximum absolute atomic E-state index is 12.5. The highest BCUT2D eigenvalue weighted by atomic mass is 32.1. The Balaban J connectivity index is 2.30. The summed E-state index contributed by atoms with van der Waals surface area (Å²) in [7, 11) is 0. The molecular formula is C13H24NO2S+. The predicted octanol–water partition coefficient (Wildman–Crippen LogP) is 2.99. The van der Waals surface area contributed by atoms with Crippen molar-refractivity contribution >= 4 is 18.7 Å². The number of fused-ring (bicyclic) bond motifs is 1. The maximum atomic E-state index is 12.5. The normalized spacial score (nSPS) is 43.1. The van der Waals surface area contributed by atoms with Crippen molar-refractivity contribution < 1.29 is 14.0 Å². The first kappa shape index (κ1) is 13.2. The highest BCUT2D eigenvalue weighted by Gasteiger charge is 2.85. The number of carbonyl (C=O) groups is 1. The van der Waals surface area contributed by atoms with Crippen LogP contribution in [0.25, 0.3) is 0 Å². The van der Waals surface area contributed by atoms with E-state index < -0.39 is 5.60 Å². The van der Waals surface area contributed by atoms with E-state index >= 15 is 0 Å². The van der Waals surface area contributed by atoms with Gasteiger partial charge in [-0.15, -0.1) is 0 Å². The molecule has 2 saturated heterocycles. The number of quaternary nitrogens is 1. The molecule has 0 bridgehead atoms. The molecular weight excluding hydrogens is 234 g/mol. The monoisotopic (exact) mass is 258 g/mol. The summed E-state index contributed by atoms with van der Waals surface area (Å²) in [6.07, 6.45) is 0.882. The Morgan fingerprint density at radius 3 is 2.18 bits per heavy atom. The van der Waals surface area contributed by atoms with E-state index in [-0.39, 0.29) is 22.4 Å². The largest absolute Gasteiger partial charge is 0.517 e. The van der Waals surface area contributed by atoms with Crippen molar-refractivity contribution in [3.8, 4) is 0 Å². The Bertz CT molecular complexity index is 367. The minimum atomic E-state index is -0.418. The fraction of sp³-hybridized carbons (Fsp3) is 0.923. The molecule has 0 saturated carbocycles. The van der Waals surface area contributed by atoms with Crippen molar-refractivity contribution in [3.05, 3.63) is 0 Å². The highest BCUT2D eigenvalue weighted by Crippen LogP contribution is 2.62.